The van der Waals surface area contributed by atoms with Crippen LogP contribution in [0, 0.1) is 0 Å². The van der Waals surface area contributed by atoms with E-state index in [2.05, 4.69) is 60.7 Å². The lowest BCUT2D eigenvalue weighted by molar-refractivity contribution is 1.12. The van der Waals surface area contributed by atoms with Crippen LogP contribution < -0.4 is 10.4 Å². The van der Waals surface area contributed by atoms with Crippen LogP contribution in [0.2, 0.25) is 0 Å². The summed E-state index contributed by atoms with van der Waals surface area (Å²) in [5.74, 6) is 0. The Morgan fingerprint density at radius 3 is 2.79 bits per heavy atom. The monoisotopic (exact) mass is 240 g/mol. The Bertz CT molecular complexity index is 921. The largest absolute Gasteiger partial charge is 0.0613 e. The molecule has 0 saturated carbocycles. The highest BCUT2D eigenvalue weighted by Gasteiger charge is 2.22. The number of hydrogen-bond donors (Lipinski definition) is 0. The van der Waals surface area contributed by atoms with Crippen molar-refractivity contribution >= 4 is 23.8 Å². The molecule has 0 heteroatoms. The summed E-state index contributed by atoms with van der Waals surface area (Å²) in [6.45, 7) is 0. The quantitative estimate of drug-likeness (QED) is 0.664. The van der Waals surface area contributed by atoms with Crippen LogP contribution in [0.4, 0.5) is 0 Å². The van der Waals surface area contributed by atoms with Gasteiger partial charge in [-0.3, -0.25) is 0 Å². The van der Waals surface area contributed by atoms with Crippen LogP contribution in [0.15, 0.2) is 42.5 Å². The Labute approximate surface area is 111 Å². The van der Waals surface area contributed by atoms with Gasteiger partial charge in [-0.05, 0) is 50.2 Å². The zero-order valence-electron chi connectivity index (χ0n) is 10.5. The molecule has 0 atom stereocenters. The summed E-state index contributed by atoms with van der Waals surface area (Å²) < 4.78 is 0. The second kappa shape index (κ2) is 3.16. The van der Waals surface area contributed by atoms with Gasteiger partial charge < -0.3 is 0 Å². The summed E-state index contributed by atoms with van der Waals surface area (Å²) in [4.78, 5) is 0. The molecule has 0 radical (unpaired) electrons. The van der Waals surface area contributed by atoms with Crippen molar-refractivity contribution in [2.75, 3.05) is 0 Å². The summed E-state index contributed by atoms with van der Waals surface area (Å²) in [5.41, 5.74) is 8.54. The van der Waals surface area contributed by atoms with Crippen LogP contribution in [0.25, 0.3) is 23.8 Å². The lowest BCUT2D eigenvalue weighted by Gasteiger charge is -2.18. The topological polar surface area (TPSA) is 0 Å². The first kappa shape index (κ1) is 9.57. The fourth-order valence-corrected chi connectivity index (χ4v) is 3.62. The molecule has 0 amide bonds. The molecule has 88 valence electrons. The molecule has 0 saturated heterocycles. The van der Waals surface area contributed by atoms with Gasteiger partial charge in [0.1, 0.15) is 0 Å². The number of benzene rings is 2. The van der Waals surface area contributed by atoms with Gasteiger partial charge in [0.15, 0.2) is 0 Å². The zero-order chi connectivity index (χ0) is 12.4. The second-order valence-electron chi connectivity index (χ2n) is 5.43. The van der Waals surface area contributed by atoms with Gasteiger partial charge in [-0.1, -0.05) is 60.7 Å². The summed E-state index contributed by atoms with van der Waals surface area (Å²) in [6.07, 6.45) is 12.2. The van der Waals surface area contributed by atoms with Crippen LogP contribution in [-0.2, 0) is 6.42 Å². The first-order valence-electron chi connectivity index (χ1n) is 6.77. The third-order valence-electron chi connectivity index (χ3n) is 4.44. The molecular formula is C19H12. The third-order valence-corrected chi connectivity index (χ3v) is 4.44. The second-order valence-corrected chi connectivity index (χ2v) is 5.43. The minimum absolute atomic E-state index is 1.06. The van der Waals surface area contributed by atoms with Gasteiger partial charge in [-0.25, -0.2) is 0 Å². The Morgan fingerprint density at radius 1 is 0.789 bits per heavy atom. The van der Waals surface area contributed by atoms with Gasteiger partial charge in [-0.2, -0.15) is 0 Å². The first-order valence-corrected chi connectivity index (χ1v) is 6.77. The molecule has 0 heterocycles. The minimum Gasteiger partial charge on any atom is -0.0613 e. The van der Waals surface area contributed by atoms with Gasteiger partial charge in [-0.15, -0.1) is 0 Å². The van der Waals surface area contributed by atoms with E-state index in [1.165, 1.54) is 43.8 Å². The van der Waals surface area contributed by atoms with Gasteiger partial charge in [0.2, 0.25) is 0 Å². The number of hydrogen-bond acceptors (Lipinski definition) is 0. The van der Waals surface area contributed by atoms with Gasteiger partial charge >= 0.3 is 0 Å². The van der Waals surface area contributed by atoms with E-state index in [4.69, 9.17) is 0 Å². The Balaban J connectivity index is 2.07. The maximum Gasteiger partial charge on any atom is -0.00130 e. The molecular weight excluding hydrogens is 228 g/mol. The van der Waals surface area contributed by atoms with Crippen molar-refractivity contribution in [3.05, 3.63) is 80.7 Å². The van der Waals surface area contributed by atoms with Crippen LogP contribution in [-0.4, -0.2) is 0 Å². The molecule has 0 aliphatic heterocycles. The van der Waals surface area contributed by atoms with Gasteiger partial charge in [0, 0.05) is 0 Å². The Morgan fingerprint density at radius 2 is 1.79 bits per heavy atom. The summed E-state index contributed by atoms with van der Waals surface area (Å²) >= 11 is 0. The highest BCUT2D eigenvalue weighted by atomic mass is 14.3. The average molecular weight is 240 g/mol. The number of allylic oxidation sites excluding steroid dienone is 2. The lowest BCUT2D eigenvalue weighted by Crippen LogP contribution is -2.34. The van der Waals surface area contributed by atoms with Crippen LogP contribution >= 0.6 is 0 Å². The van der Waals surface area contributed by atoms with Gasteiger partial charge in [0.25, 0.3) is 0 Å². The highest BCUT2D eigenvalue weighted by molar-refractivity contribution is 5.93. The van der Waals surface area contributed by atoms with E-state index in [9.17, 15) is 0 Å². The molecule has 2 aromatic carbocycles. The standard InChI is InChI=1S/C19H12/c1-4-13-9-10-17-18(13)14(5-1)11-15-8-7-12-3-2-6-16(12)19(15)17/h1-10H,11H2. The van der Waals surface area contributed by atoms with Crippen molar-refractivity contribution in [3.63, 3.8) is 0 Å². The van der Waals surface area contributed by atoms with Crippen molar-refractivity contribution in [1.82, 2.24) is 0 Å². The fourth-order valence-electron chi connectivity index (χ4n) is 3.62. The molecule has 0 nitrogen and oxygen atoms in total. The average Bonchev–Trinajstić information content (AvgIpc) is 3.06. The summed E-state index contributed by atoms with van der Waals surface area (Å²) in [5, 5.41) is 2.86. The minimum atomic E-state index is 1.06. The van der Waals surface area contributed by atoms with Crippen molar-refractivity contribution in [2.24, 2.45) is 0 Å². The van der Waals surface area contributed by atoms with Crippen LogP contribution in [0.1, 0.15) is 27.8 Å². The van der Waals surface area contributed by atoms with E-state index >= 15 is 0 Å². The smallest absolute Gasteiger partial charge is 0.00130 e. The third kappa shape index (κ3) is 1.09. The number of rotatable bonds is 0. The molecule has 3 aliphatic carbocycles. The molecule has 3 aliphatic rings. The van der Waals surface area contributed by atoms with E-state index in [1.54, 1.807) is 0 Å². The molecule has 0 bridgehead atoms. The Kier molecular flexibility index (Phi) is 1.59. The molecule has 0 spiro atoms. The fraction of sp³-hybridized carbons (Fsp3) is 0.0526. The van der Waals surface area contributed by atoms with E-state index in [0.29, 0.717) is 0 Å². The SMILES string of the molecule is C1=Cc2ccc3c(c2=C1)=C1C=Cc2cccc(c21)C3. The maximum atomic E-state index is 2.30. The molecule has 0 N–H and O–H groups in total. The molecule has 19 heavy (non-hydrogen) atoms. The molecule has 2 aromatic rings. The van der Waals surface area contributed by atoms with E-state index in [0.717, 1.165) is 6.42 Å². The van der Waals surface area contributed by atoms with Crippen molar-refractivity contribution in [3.8, 4) is 0 Å². The van der Waals surface area contributed by atoms with E-state index in [-0.39, 0.29) is 0 Å². The van der Waals surface area contributed by atoms with Crippen molar-refractivity contribution in [2.45, 2.75) is 6.42 Å². The van der Waals surface area contributed by atoms with Gasteiger partial charge in [0.05, 0.1) is 0 Å². The highest BCUT2D eigenvalue weighted by Crippen LogP contribution is 2.33. The predicted molar refractivity (Wildman–Crippen MR) is 80.0 cm³/mol. The van der Waals surface area contributed by atoms with Crippen LogP contribution in [0.3, 0.4) is 0 Å². The normalized spacial score (nSPS) is 16.1. The molecule has 0 unspecified atom stereocenters. The lowest BCUT2D eigenvalue weighted by atomic mass is 9.86. The first-order chi connectivity index (χ1) is 9.42. The predicted octanol–water partition coefficient (Wildman–Crippen LogP) is 2.62. The summed E-state index contributed by atoms with van der Waals surface area (Å²) in [6, 6.07) is 11.2. The Hall–Kier alpha value is -2.34. The molecule has 0 aromatic heterocycles. The summed E-state index contributed by atoms with van der Waals surface area (Å²) in [7, 11) is 0. The van der Waals surface area contributed by atoms with E-state index in [1.807, 2.05) is 0 Å². The van der Waals surface area contributed by atoms with E-state index < -0.39 is 0 Å². The number of fused-ring (bicyclic) bond motifs is 3. The zero-order valence-corrected chi connectivity index (χ0v) is 10.5. The van der Waals surface area contributed by atoms with Crippen molar-refractivity contribution < 1.29 is 0 Å². The molecule has 0 fully saturated rings. The van der Waals surface area contributed by atoms with Crippen LogP contribution in [0.5, 0.6) is 0 Å². The van der Waals surface area contributed by atoms with Crippen molar-refractivity contribution in [1.29, 1.82) is 0 Å². The molecule has 5 rings (SSSR count). The maximum absolute atomic E-state index is 2.30.